The van der Waals surface area contributed by atoms with Gasteiger partial charge in [0.25, 0.3) is 0 Å². The van der Waals surface area contributed by atoms with Gasteiger partial charge in [-0.1, -0.05) is 18.7 Å². The number of nitrogens with zero attached hydrogens (tertiary/aromatic N) is 1. The Morgan fingerprint density at radius 3 is 2.61 bits per heavy atom. The predicted molar refractivity (Wildman–Crippen MR) is 65.0 cm³/mol. The van der Waals surface area contributed by atoms with Gasteiger partial charge in [-0.05, 0) is 0 Å². The van der Waals surface area contributed by atoms with Gasteiger partial charge in [0.05, 0.1) is 6.54 Å². The van der Waals surface area contributed by atoms with Crippen LogP contribution in [0.2, 0.25) is 0 Å². The lowest BCUT2D eigenvalue weighted by molar-refractivity contribution is -0.149. The van der Waals surface area contributed by atoms with Gasteiger partial charge in [-0.25, -0.2) is 9.18 Å². The molecular weight excluding hydrogens is 261 g/mol. The topological polar surface area (TPSA) is 74.7 Å². The van der Waals surface area contributed by atoms with E-state index < -0.39 is 30.0 Å². The van der Waals surface area contributed by atoms with Crippen LogP contribution in [0.5, 0.6) is 0 Å². The molecule has 0 aliphatic carbocycles. The first kappa shape index (κ1) is 14.9. The average molecular weight is 277 g/mol. The minimum Gasteiger partial charge on any atom is -0.480 e. The van der Waals surface area contributed by atoms with E-state index in [0.717, 1.165) is 16.7 Å². The predicted octanol–water partition coefficient (Wildman–Crippen LogP) is 0.926. The number of hydrogen-bond acceptors (Lipinski definition) is 4. The molecule has 18 heavy (non-hydrogen) atoms. The summed E-state index contributed by atoms with van der Waals surface area (Å²) in [5.74, 6) is -1.80. The van der Waals surface area contributed by atoms with E-state index in [0.29, 0.717) is 0 Å². The lowest BCUT2D eigenvalue weighted by Crippen LogP contribution is -2.43. The molecule has 0 aromatic carbocycles. The molecule has 1 rings (SSSR count). The van der Waals surface area contributed by atoms with Crippen LogP contribution in [0.15, 0.2) is 0 Å². The maximum atomic E-state index is 13.2. The smallest absolute Gasteiger partial charge is 0.326 e. The first-order chi connectivity index (χ1) is 8.32. The summed E-state index contributed by atoms with van der Waals surface area (Å²) in [7, 11) is 0. The van der Waals surface area contributed by atoms with Gasteiger partial charge in [0, 0.05) is 25.0 Å². The van der Waals surface area contributed by atoms with Gasteiger partial charge in [0.1, 0.15) is 12.2 Å². The molecule has 1 N–H and O–H groups in total. The number of likely N-dealkylation sites (tertiary alicyclic amines) is 1. The second kappa shape index (κ2) is 6.17. The summed E-state index contributed by atoms with van der Waals surface area (Å²) in [6.45, 7) is 2.84. The van der Waals surface area contributed by atoms with E-state index in [-0.39, 0.29) is 23.8 Å². The lowest BCUT2D eigenvalue weighted by Gasteiger charge is -2.24. The number of alkyl halides is 1. The summed E-state index contributed by atoms with van der Waals surface area (Å²) in [5.41, 5.74) is 0. The van der Waals surface area contributed by atoms with Gasteiger partial charge < -0.3 is 10.0 Å². The van der Waals surface area contributed by atoms with E-state index in [2.05, 4.69) is 0 Å². The molecule has 5 nitrogen and oxygen atoms in total. The molecule has 1 aliphatic heterocycles. The van der Waals surface area contributed by atoms with Crippen molar-refractivity contribution >= 4 is 28.8 Å². The number of carboxylic acid groups (broad SMARTS) is 1. The summed E-state index contributed by atoms with van der Waals surface area (Å²) in [6, 6.07) is -1.09. The highest BCUT2D eigenvalue weighted by atomic mass is 32.2. The van der Waals surface area contributed by atoms with Crippen LogP contribution in [-0.2, 0) is 14.4 Å². The minimum atomic E-state index is -1.29. The van der Waals surface area contributed by atoms with E-state index in [4.69, 9.17) is 5.11 Å². The van der Waals surface area contributed by atoms with E-state index in [9.17, 15) is 18.8 Å². The highest BCUT2D eigenvalue weighted by Gasteiger charge is 2.40. The molecule has 0 aromatic heterocycles. The van der Waals surface area contributed by atoms with E-state index in [1.54, 1.807) is 6.92 Å². The van der Waals surface area contributed by atoms with Crippen molar-refractivity contribution in [2.24, 2.45) is 5.92 Å². The van der Waals surface area contributed by atoms with Crippen LogP contribution in [0.25, 0.3) is 0 Å². The number of aliphatic carboxylic acids is 1. The Bertz CT molecular complexity index is 363. The van der Waals surface area contributed by atoms with Crippen molar-refractivity contribution in [2.45, 2.75) is 32.5 Å². The van der Waals surface area contributed by atoms with Crippen LogP contribution in [0.3, 0.4) is 0 Å². The molecule has 0 bridgehead atoms. The van der Waals surface area contributed by atoms with Gasteiger partial charge >= 0.3 is 5.97 Å². The number of thioether (sulfide) groups is 1. The first-order valence-electron chi connectivity index (χ1n) is 5.63. The second-order valence-electron chi connectivity index (χ2n) is 4.38. The molecule has 0 spiro atoms. The number of carbonyl (C=O) groups is 3. The molecule has 0 aromatic rings. The Hall–Kier alpha value is -1.11. The lowest BCUT2D eigenvalue weighted by atomic mass is 10.1. The molecule has 102 valence electrons. The molecule has 1 fully saturated rings. The van der Waals surface area contributed by atoms with Gasteiger partial charge in [0.2, 0.25) is 5.91 Å². The van der Waals surface area contributed by atoms with Crippen LogP contribution in [0.1, 0.15) is 20.3 Å². The van der Waals surface area contributed by atoms with Gasteiger partial charge in [-0.2, -0.15) is 0 Å². The second-order valence-corrected chi connectivity index (χ2v) is 5.58. The normalized spacial score (nSPS) is 24.9. The summed E-state index contributed by atoms with van der Waals surface area (Å²) in [5, 5.41) is 8.83. The maximum Gasteiger partial charge on any atom is 0.326 e. The number of amides is 1. The highest BCUT2D eigenvalue weighted by molar-refractivity contribution is 8.13. The van der Waals surface area contributed by atoms with Crippen molar-refractivity contribution in [1.82, 2.24) is 4.90 Å². The van der Waals surface area contributed by atoms with Gasteiger partial charge in [-0.15, -0.1) is 0 Å². The molecule has 0 radical (unpaired) electrons. The number of halogens is 1. The van der Waals surface area contributed by atoms with E-state index in [1.165, 1.54) is 6.92 Å². The van der Waals surface area contributed by atoms with Crippen LogP contribution in [0, 0.1) is 5.92 Å². The largest absolute Gasteiger partial charge is 0.480 e. The zero-order chi connectivity index (χ0) is 13.9. The van der Waals surface area contributed by atoms with Crippen molar-refractivity contribution in [3.63, 3.8) is 0 Å². The molecule has 0 saturated carbocycles. The van der Waals surface area contributed by atoms with Crippen molar-refractivity contribution in [1.29, 1.82) is 0 Å². The van der Waals surface area contributed by atoms with Crippen molar-refractivity contribution < 1.29 is 23.9 Å². The summed E-state index contributed by atoms with van der Waals surface area (Å²) in [6.07, 6.45) is -1.45. The van der Waals surface area contributed by atoms with Gasteiger partial charge in [-0.3, -0.25) is 9.59 Å². The van der Waals surface area contributed by atoms with E-state index in [1.807, 2.05) is 0 Å². The maximum absolute atomic E-state index is 13.2. The molecule has 1 heterocycles. The number of carbonyl (C=O) groups excluding carboxylic acids is 2. The number of hydrogen-bond donors (Lipinski definition) is 1. The Morgan fingerprint density at radius 2 is 2.11 bits per heavy atom. The van der Waals surface area contributed by atoms with Crippen molar-refractivity contribution in [2.75, 3.05) is 12.3 Å². The SMILES string of the molecule is CC(=O)SCC(C)C(=O)N1C[C@@H](F)C[C@H]1C(=O)O. The molecule has 3 atom stereocenters. The molecule has 1 amide bonds. The van der Waals surface area contributed by atoms with Crippen molar-refractivity contribution in [3.05, 3.63) is 0 Å². The fourth-order valence-corrected chi connectivity index (χ4v) is 2.49. The molecule has 1 saturated heterocycles. The van der Waals surface area contributed by atoms with Crippen LogP contribution in [0.4, 0.5) is 4.39 Å². The zero-order valence-electron chi connectivity index (χ0n) is 10.3. The Balaban J connectivity index is 2.64. The van der Waals surface area contributed by atoms with Gasteiger partial charge in [0.15, 0.2) is 5.12 Å². The third-order valence-corrected chi connectivity index (χ3v) is 3.85. The number of carboxylic acids is 1. The first-order valence-corrected chi connectivity index (χ1v) is 6.62. The molecule has 7 heteroatoms. The third kappa shape index (κ3) is 3.69. The van der Waals surface area contributed by atoms with Crippen LogP contribution < -0.4 is 0 Å². The molecule has 1 aliphatic rings. The van der Waals surface area contributed by atoms with Crippen LogP contribution >= 0.6 is 11.8 Å². The van der Waals surface area contributed by atoms with Crippen LogP contribution in [-0.4, -0.2) is 51.5 Å². The number of rotatable bonds is 4. The molecule has 1 unspecified atom stereocenters. The Morgan fingerprint density at radius 1 is 1.50 bits per heavy atom. The van der Waals surface area contributed by atoms with E-state index >= 15 is 0 Å². The minimum absolute atomic E-state index is 0.103. The summed E-state index contributed by atoms with van der Waals surface area (Å²) >= 11 is 1.01. The molecular formula is C11H16FNO4S. The average Bonchev–Trinajstić information content (AvgIpc) is 2.67. The summed E-state index contributed by atoms with van der Waals surface area (Å²) in [4.78, 5) is 34.8. The zero-order valence-corrected chi connectivity index (χ0v) is 11.1. The fraction of sp³-hybridized carbons (Fsp3) is 0.727. The standard InChI is InChI=1S/C11H16FNO4S/c1-6(5-18-7(2)14)10(15)13-4-8(12)3-9(13)11(16)17/h6,8-9H,3-5H2,1-2H3,(H,16,17)/t6?,8-,9-/m0/s1. The summed E-state index contributed by atoms with van der Waals surface area (Å²) < 4.78 is 13.2. The fourth-order valence-electron chi connectivity index (χ4n) is 1.86. The third-order valence-electron chi connectivity index (χ3n) is 2.78. The quantitative estimate of drug-likeness (QED) is 0.827. The highest BCUT2D eigenvalue weighted by Crippen LogP contribution is 2.23. The van der Waals surface area contributed by atoms with Crippen molar-refractivity contribution in [3.8, 4) is 0 Å². The Labute approximate surface area is 109 Å². The monoisotopic (exact) mass is 277 g/mol. The Kier molecular flexibility index (Phi) is 5.13.